The van der Waals surface area contributed by atoms with Crippen molar-refractivity contribution in [1.82, 2.24) is 15.5 Å². The second-order valence-corrected chi connectivity index (χ2v) is 6.63. The van der Waals surface area contributed by atoms with Crippen LogP contribution in [0.25, 0.3) is 0 Å². The Bertz CT molecular complexity index is 447. The SMILES string of the molecule is CN=C(NCCc1ccco1)NCC1(CN(C)C)CCCC1. The Morgan fingerprint density at radius 3 is 2.68 bits per heavy atom. The lowest BCUT2D eigenvalue weighted by Gasteiger charge is -2.32. The highest BCUT2D eigenvalue weighted by Gasteiger charge is 2.34. The van der Waals surface area contributed by atoms with Crippen LogP contribution in [0, 0.1) is 5.41 Å². The largest absolute Gasteiger partial charge is 0.469 e. The number of nitrogens with zero attached hydrogens (tertiary/aromatic N) is 2. The van der Waals surface area contributed by atoms with Crippen molar-refractivity contribution in [3.63, 3.8) is 0 Å². The molecule has 0 aromatic carbocycles. The van der Waals surface area contributed by atoms with Crippen LogP contribution in [0.5, 0.6) is 0 Å². The van der Waals surface area contributed by atoms with Gasteiger partial charge in [0.25, 0.3) is 0 Å². The molecule has 0 bridgehead atoms. The van der Waals surface area contributed by atoms with E-state index in [1.165, 1.54) is 25.7 Å². The normalized spacial score (nSPS) is 17.9. The van der Waals surface area contributed by atoms with Crippen molar-refractivity contribution in [3.8, 4) is 0 Å². The zero-order valence-electron chi connectivity index (χ0n) is 14.2. The van der Waals surface area contributed by atoms with Gasteiger partial charge in [-0.05, 0) is 39.1 Å². The van der Waals surface area contributed by atoms with Gasteiger partial charge in [0, 0.05) is 38.5 Å². The fourth-order valence-corrected chi connectivity index (χ4v) is 3.44. The number of nitrogens with one attached hydrogen (secondary N) is 2. The van der Waals surface area contributed by atoms with E-state index in [4.69, 9.17) is 4.42 Å². The van der Waals surface area contributed by atoms with Crippen LogP contribution >= 0.6 is 0 Å². The third-order valence-corrected chi connectivity index (χ3v) is 4.41. The van der Waals surface area contributed by atoms with Gasteiger partial charge in [0.05, 0.1) is 6.26 Å². The summed E-state index contributed by atoms with van der Waals surface area (Å²) < 4.78 is 5.34. The maximum Gasteiger partial charge on any atom is 0.191 e. The van der Waals surface area contributed by atoms with Crippen molar-refractivity contribution in [2.45, 2.75) is 32.1 Å². The van der Waals surface area contributed by atoms with E-state index >= 15 is 0 Å². The molecule has 22 heavy (non-hydrogen) atoms. The molecule has 124 valence electrons. The first-order valence-electron chi connectivity index (χ1n) is 8.25. The van der Waals surface area contributed by atoms with Crippen molar-refractivity contribution in [2.24, 2.45) is 10.4 Å². The average molecular weight is 306 g/mol. The van der Waals surface area contributed by atoms with Gasteiger partial charge >= 0.3 is 0 Å². The highest BCUT2D eigenvalue weighted by Crippen LogP contribution is 2.37. The summed E-state index contributed by atoms with van der Waals surface area (Å²) in [6.45, 7) is 2.96. The summed E-state index contributed by atoms with van der Waals surface area (Å²) in [5.74, 6) is 1.89. The molecule has 0 radical (unpaired) electrons. The lowest BCUT2D eigenvalue weighted by molar-refractivity contribution is 0.202. The van der Waals surface area contributed by atoms with E-state index in [0.29, 0.717) is 5.41 Å². The number of rotatable bonds is 7. The van der Waals surface area contributed by atoms with Crippen molar-refractivity contribution >= 4 is 5.96 Å². The minimum atomic E-state index is 0.391. The van der Waals surface area contributed by atoms with Crippen LogP contribution in [0.4, 0.5) is 0 Å². The first-order valence-corrected chi connectivity index (χ1v) is 8.25. The molecular weight excluding hydrogens is 276 g/mol. The van der Waals surface area contributed by atoms with Crippen LogP contribution in [0.3, 0.4) is 0 Å². The number of guanidine groups is 1. The summed E-state index contributed by atoms with van der Waals surface area (Å²) in [7, 11) is 6.16. The van der Waals surface area contributed by atoms with Crippen molar-refractivity contribution in [3.05, 3.63) is 24.2 Å². The van der Waals surface area contributed by atoms with Gasteiger partial charge in [-0.25, -0.2) is 0 Å². The Labute approximate surface area is 134 Å². The van der Waals surface area contributed by atoms with Crippen molar-refractivity contribution < 1.29 is 4.42 Å². The standard InChI is InChI=1S/C17H30N4O/c1-18-16(19-11-8-15-7-6-12-22-15)20-13-17(14-21(2)3)9-4-5-10-17/h6-7,12H,4-5,8-11,13-14H2,1-3H3,(H2,18,19,20). The van der Waals surface area contributed by atoms with Crippen LogP contribution in [0.15, 0.2) is 27.8 Å². The lowest BCUT2D eigenvalue weighted by Crippen LogP contribution is -2.46. The minimum absolute atomic E-state index is 0.391. The van der Waals surface area contributed by atoms with E-state index in [2.05, 4.69) is 34.6 Å². The molecule has 2 N–H and O–H groups in total. The molecule has 1 aromatic rings. The molecule has 1 fully saturated rings. The molecule has 5 heteroatoms. The summed E-state index contributed by atoms with van der Waals surface area (Å²) in [5.41, 5.74) is 0.391. The van der Waals surface area contributed by atoms with Crippen LogP contribution in [-0.2, 0) is 6.42 Å². The molecule has 2 rings (SSSR count). The van der Waals surface area contributed by atoms with Gasteiger partial charge in [0.15, 0.2) is 5.96 Å². The number of hydrogen-bond acceptors (Lipinski definition) is 3. The third kappa shape index (κ3) is 5.05. The summed E-state index contributed by atoms with van der Waals surface area (Å²) in [6.07, 6.45) is 7.90. The maximum atomic E-state index is 5.34. The summed E-state index contributed by atoms with van der Waals surface area (Å²) in [5, 5.41) is 6.89. The fraction of sp³-hybridized carbons (Fsp3) is 0.706. The second-order valence-electron chi connectivity index (χ2n) is 6.63. The van der Waals surface area contributed by atoms with Crippen LogP contribution in [0.2, 0.25) is 0 Å². The van der Waals surface area contributed by atoms with Gasteiger partial charge in [-0.2, -0.15) is 0 Å². The van der Waals surface area contributed by atoms with E-state index in [1.807, 2.05) is 19.2 Å². The molecule has 5 nitrogen and oxygen atoms in total. The smallest absolute Gasteiger partial charge is 0.191 e. The van der Waals surface area contributed by atoms with E-state index in [9.17, 15) is 0 Å². The first kappa shape index (κ1) is 16.9. The lowest BCUT2D eigenvalue weighted by atomic mass is 9.85. The monoisotopic (exact) mass is 306 g/mol. The Morgan fingerprint density at radius 2 is 2.09 bits per heavy atom. The molecule has 0 amide bonds. The first-order chi connectivity index (χ1) is 10.6. The number of furan rings is 1. The van der Waals surface area contributed by atoms with Crippen molar-refractivity contribution in [1.29, 1.82) is 0 Å². The summed E-state index contributed by atoms with van der Waals surface area (Å²) >= 11 is 0. The zero-order valence-corrected chi connectivity index (χ0v) is 14.2. The molecule has 1 aromatic heterocycles. The quantitative estimate of drug-likeness (QED) is 0.598. The average Bonchev–Trinajstić information content (AvgIpc) is 3.14. The Kier molecular flexibility index (Phi) is 6.31. The van der Waals surface area contributed by atoms with Gasteiger partial charge in [0.1, 0.15) is 5.76 Å². The predicted molar refractivity (Wildman–Crippen MR) is 91.2 cm³/mol. The Morgan fingerprint density at radius 1 is 1.32 bits per heavy atom. The fourth-order valence-electron chi connectivity index (χ4n) is 3.44. The molecule has 1 aliphatic carbocycles. The number of aliphatic imine (C=N–C) groups is 1. The molecule has 1 heterocycles. The molecule has 0 saturated heterocycles. The van der Waals surface area contributed by atoms with Gasteiger partial charge in [-0.15, -0.1) is 0 Å². The van der Waals surface area contributed by atoms with E-state index in [0.717, 1.165) is 37.8 Å². The molecule has 0 unspecified atom stereocenters. The van der Waals surface area contributed by atoms with Gasteiger partial charge in [0.2, 0.25) is 0 Å². The highest BCUT2D eigenvalue weighted by atomic mass is 16.3. The zero-order chi connectivity index (χ0) is 15.8. The van der Waals surface area contributed by atoms with Crippen LogP contribution in [-0.4, -0.2) is 51.6 Å². The maximum absolute atomic E-state index is 5.34. The second kappa shape index (κ2) is 8.22. The molecule has 0 aliphatic heterocycles. The molecule has 1 aliphatic rings. The van der Waals surface area contributed by atoms with Gasteiger partial charge < -0.3 is 20.0 Å². The molecule has 1 saturated carbocycles. The van der Waals surface area contributed by atoms with Crippen LogP contribution < -0.4 is 10.6 Å². The van der Waals surface area contributed by atoms with Crippen LogP contribution in [0.1, 0.15) is 31.4 Å². The van der Waals surface area contributed by atoms with E-state index < -0.39 is 0 Å². The number of hydrogen-bond donors (Lipinski definition) is 2. The third-order valence-electron chi connectivity index (χ3n) is 4.41. The molecule has 0 spiro atoms. The Balaban J connectivity index is 1.77. The predicted octanol–water partition coefficient (Wildman–Crippen LogP) is 2.11. The van der Waals surface area contributed by atoms with E-state index in [-0.39, 0.29) is 0 Å². The summed E-state index contributed by atoms with van der Waals surface area (Å²) in [6, 6.07) is 3.93. The van der Waals surface area contributed by atoms with Gasteiger partial charge in [-0.3, -0.25) is 4.99 Å². The van der Waals surface area contributed by atoms with E-state index in [1.54, 1.807) is 6.26 Å². The minimum Gasteiger partial charge on any atom is -0.469 e. The van der Waals surface area contributed by atoms with Gasteiger partial charge in [-0.1, -0.05) is 12.8 Å². The molecular formula is C17H30N4O. The Hall–Kier alpha value is -1.49. The topological polar surface area (TPSA) is 52.8 Å². The van der Waals surface area contributed by atoms with Crippen molar-refractivity contribution in [2.75, 3.05) is 40.8 Å². The highest BCUT2D eigenvalue weighted by molar-refractivity contribution is 5.79. The summed E-state index contributed by atoms with van der Waals surface area (Å²) in [4.78, 5) is 6.63. The molecule has 0 atom stereocenters.